The Labute approximate surface area is 123 Å². The first-order valence-corrected chi connectivity index (χ1v) is 7.92. The van der Waals surface area contributed by atoms with Gasteiger partial charge in [-0.2, -0.15) is 0 Å². The fourth-order valence-electron chi connectivity index (χ4n) is 3.64. The molecule has 0 aliphatic carbocycles. The molecule has 110 valence electrons. The van der Waals surface area contributed by atoms with E-state index in [1.165, 1.54) is 43.9 Å². The minimum absolute atomic E-state index is 0.444. The SMILES string of the molecule is CNC(c1ccc(C(C)C)cc1)C1CN2CCN1CC2. The normalized spacial score (nSPS) is 30.7. The molecule has 2 bridgehead atoms. The third-order valence-corrected chi connectivity index (χ3v) is 4.98. The molecule has 0 radical (unpaired) electrons. The maximum Gasteiger partial charge on any atom is 0.0488 e. The highest BCUT2D eigenvalue weighted by Gasteiger charge is 2.36. The zero-order chi connectivity index (χ0) is 14.1. The first-order chi connectivity index (χ1) is 9.69. The lowest BCUT2D eigenvalue weighted by molar-refractivity contribution is -0.00254. The molecule has 4 rings (SSSR count). The topological polar surface area (TPSA) is 18.5 Å². The Morgan fingerprint density at radius 3 is 2.05 bits per heavy atom. The van der Waals surface area contributed by atoms with Gasteiger partial charge in [-0.1, -0.05) is 38.1 Å². The summed E-state index contributed by atoms with van der Waals surface area (Å²) in [5.74, 6) is 0.609. The molecule has 3 aliphatic heterocycles. The molecule has 3 heteroatoms. The highest BCUT2D eigenvalue weighted by molar-refractivity contribution is 5.28. The molecule has 3 fully saturated rings. The number of piperazine rings is 3. The van der Waals surface area contributed by atoms with Gasteiger partial charge >= 0.3 is 0 Å². The molecule has 0 saturated carbocycles. The number of nitrogens with zero attached hydrogens (tertiary/aromatic N) is 2. The average molecular weight is 273 g/mol. The van der Waals surface area contributed by atoms with Gasteiger partial charge in [-0.05, 0) is 24.1 Å². The monoisotopic (exact) mass is 273 g/mol. The van der Waals surface area contributed by atoms with E-state index in [0.717, 1.165) is 0 Å². The van der Waals surface area contributed by atoms with Gasteiger partial charge in [0, 0.05) is 44.8 Å². The zero-order valence-corrected chi connectivity index (χ0v) is 13.0. The Morgan fingerprint density at radius 1 is 1.00 bits per heavy atom. The van der Waals surface area contributed by atoms with Crippen molar-refractivity contribution < 1.29 is 0 Å². The Hall–Kier alpha value is -0.900. The van der Waals surface area contributed by atoms with Crippen LogP contribution < -0.4 is 5.32 Å². The Kier molecular flexibility index (Phi) is 4.11. The minimum Gasteiger partial charge on any atom is -0.312 e. The number of hydrogen-bond acceptors (Lipinski definition) is 3. The molecule has 3 nitrogen and oxygen atoms in total. The average Bonchev–Trinajstić information content (AvgIpc) is 2.50. The smallest absolute Gasteiger partial charge is 0.0488 e. The zero-order valence-electron chi connectivity index (χ0n) is 13.0. The van der Waals surface area contributed by atoms with Gasteiger partial charge in [0.15, 0.2) is 0 Å². The molecule has 3 heterocycles. The van der Waals surface area contributed by atoms with E-state index in [1.54, 1.807) is 0 Å². The number of nitrogens with one attached hydrogen (secondary N) is 1. The highest BCUT2D eigenvalue weighted by Crippen LogP contribution is 2.28. The van der Waals surface area contributed by atoms with Crippen LogP contribution in [-0.2, 0) is 0 Å². The van der Waals surface area contributed by atoms with E-state index >= 15 is 0 Å². The van der Waals surface area contributed by atoms with Crippen molar-refractivity contribution in [2.24, 2.45) is 0 Å². The van der Waals surface area contributed by atoms with Crippen molar-refractivity contribution in [2.75, 3.05) is 39.8 Å². The quantitative estimate of drug-likeness (QED) is 0.906. The maximum atomic E-state index is 3.55. The summed E-state index contributed by atoms with van der Waals surface area (Å²) in [7, 11) is 2.10. The van der Waals surface area contributed by atoms with Crippen molar-refractivity contribution in [3.05, 3.63) is 35.4 Å². The van der Waals surface area contributed by atoms with Crippen LogP contribution in [0.4, 0.5) is 0 Å². The van der Waals surface area contributed by atoms with Gasteiger partial charge in [-0.25, -0.2) is 0 Å². The van der Waals surface area contributed by atoms with Crippen LogP contribution in [0.5, 0.6) is 0 Å². The van der Waals surface area contributed by atoms with Crippen LogP contribution in [0.2, 0.25) is 0 Å². The summed E-state index contributed by atoms with van der Waals surface area (Å²) in [4.78, 5) is 5.27. The van der Waals surface area contributed by atoms with Crippen molar-refractivity contribution in [1.82, 2.24) is 15.1 Å². The molecule has 0 aromatic heterocycles. The van der Waals surface area contributed by atoms with E-state index in [0.29, 0.717) is 18.0 Å². The van der Waals surface area contributed by atoms with Gasteiger partial charge in [0.2, 0.25) is 0 Å². The first kappa shape index (κ1) is 14.1. The largest absolute Gasteiger partial charge is 0.312 e. The lowest BCUT2D eigenvalue weighted by Crippen LogP contribution is -2.63. The number of rotatable bonds is 4. The van der Waals surface area contributed by atoms with Gasteiger partial charge in [-0.15, -0.1) is 0 Å². The van der Waals surface area contributed by atoms with E-state index in [1.807, 2.05) is 0 Å². The van der Waals surface area contributed by atoms with Crippen molar-refractivity contribution in [2.45, 2.75) is 31.8 Å². The van der Waals surface area contributed by atoms with Crippen molar-refractivity contribution in [3.63, 3.8) is 0 Å². The van der Waals surface area contributed by atoms with Crippen molar-refractivity contribution >= 4 is 0 Å². The van der Waals surface area contributed by atoms with Gasteiger partial charge in [0.1, 0.15) is 0 Å². The maximum absolute atomic E-state index is 3.55. The molecule has 2 unspecified atom stereocenters. The van der Waals surface area contributed by atoms with E-state index in [2.05, 4.69) is 60.3 Å². The standard InChI is InChI=1S/C17H27N3/c1-13(2)14-4-6-15(7-5-14)17(18-3)16-12-19-8-10-20(16)11-9-19/h4-7,13,16-18H,8-12H2,1-3H3. The number of hydrogen-bond donors (Lipinski definition) is 1. The predicted octanol–water partition coefficient (Wildman–Crippen LogP) is 2.07. The highest BCUT2D eigenvalue weighted by atomic mass is 15.4. The van der Waals surface area contributed by atoms with Crippen molar-refractivity contribution in [1.29, 1.82) is 0 Å². The van der Waals surface area contributed by atoms with E-state index in [4.69, 9.17) is 0 Å². The molecule has 20 heavy (non-hydrogen) atoms. The molecular weight excluding hydrogens is 246 g/mol. The minimum atomic E-state index is 0.444. The summed E-state index contributed by atoms with van der Waals surface area (Å²) in [6, 6.07) is 10.3. The molecule has 0 spiro atoms. The molecule has 1 N–H and O–H groups in total. The summed E-state index contributed by atoms with van der Waals surface area (Å²) in [6.07, 6.45) is 0. The summed E-state index contributed by atoms with van der Waals surface area (Å²) < 4.78 is 0. The van der Waals surface area contributed by atoms with Gasteiger partial charge in [0.25, 0.3) is 0 Å². The van der Waals surface area contributed by atoms with Gasteiger partial charge in [0.05, 0.1) is 0 Å². The Morgan fingerprint density at radius 2 is 1.60 bits per heavy atom. The van der Waals surface area contributed by atoms with Crippen LogP contribution in [0.15, 0.2) is 24.3 Å². The number of benzene rings is 1. The van der Waals surface area contributed by atoms with Gasteiger partial charge in [-0.3, -0.25) is 9.80 Å². The fourth-order valence-corrected chi connectivity index (χ4v) is 3.64. The Balaban J connectivity index is 1.79. The van der Waals surface area contributed by atoms with E-state index in [9.17, 15) is 0 Å². The van der Waals surface area contributed by atoms with Crippen LogP contribution >= 0.6 is 0 Å². The number of fused-ring (bicyclic) bond motifs is 3. The fraction of sp³-hybridized carbons (Fsp3) is 0.647. The third kappa shape index (κ3) is 2.62. The molecule has 1 aromatic carbocycles. The van der Waals surface area contributed by atoms with Gasteiger partial charge < -0.3 is 5.32 Å². The summed E-state index contributed by atoms with van der Waals surface area (Å²) in [5, 5.41) is 3.55. The van der Waals surface area contributed by atoms with Crippen LogP contribution in [0.25, 0.3) is 0 Å². The predicted molar refractivity (Wildman–Crippen MR) is 84.1 cm³/mol. The lowest BCUT2D eigenvalue weighted by Gasteiger charge is -2.50. The number of likely N-dealkylation sites (N-methyl/N-ethyl adjacent to an activating group) is 1. The second-order valence-electron chi connectivity index (χ2n) is 6.49. The van der Waals surface area contributed by atoms with E-state index < -0.39 is 0 Å². The molecular formula is C17H27N3. The van der Waals surface area contributed by atoms with Crippen molar-refractivity contribution in [3.8, 4) is 0 Å². The molecule has 1 aromatic rings. The lowest BCUT2D eigenvalue weighted by atomic mass is 9.92. The van der Waals surface area contributed by atoms with Crippen LogP contribution in [0.3, 0.4) is 0 Å². The van der Waals surface area contributed by atoms with E-state index in [-0.39, 0.29) is 0 Å². The molecule has 0 amide bonds. The third-order valence-electron chi connectivity index (χ3n) is 4.98. The summed E-state index contributed by atoms with van der Waals surface area (Å²) in [5.41, 5.74) is 2.86. The van der Waals surface area contributed by atoms with Crippen LogP contribution in [0.1, 0.15) is 36.9 Å². The summed E-state index contributed by atoms with van der Waals surface area (Å²) in [6.45, 7) is 10.7. The molecule has 3 saturated heterocycles. The second kappa shape index (κ2) is 5.84. The molecule has 3 aliphatic rings. The first-order valence-electron chi connectivity index (χ1n) is 7.92. The van der Waals surface area contributed by atoms with Crippen LogP contribution in [-0.4, -0.2) is 55.6 Å². The van der Waals surface area contributed by atoms with Crippen LogP contribution in [0, 0.1) is 0 Å². The molecule has 2 atom stereocenters. The second-order valence-corrected chi connectivity index (χ2v) is 6.49. The summed E-state index contributed by atoms with van der Waals surface area (Å²) >= 11 is 0. The Bertz CT molecular complexity index is 432.